The monoisotopic (exact) mass is 359 g/mol. The lowest BCUT2D eigenvalue weighted by Crippen LogP contribution is -2.23. The molecule has 26 heavy (non-hydrogen) atoms. The number of methoxy groups -OCH3 is 3. The second kappa shape index (κ2) is 9.46. The van der Waals surface area contributed by atoms with Crippen LogP contribution in [0.25, 0.3) is 6.08 Å². The number of rotatable bonds is 8. The van der Waals surface area contributed by atoms with Gasteiger partial charge >= 0.3 is 0 Å². The molecule has 0 unspecified atom stereocenters. The molecule has 5 nitrogen and oxygen atoms in total. The van der Waals surface area contributed by atoms with E-state index in [1.165, 1.54) is 39.5 Å². The Hall–Kier alpha value is -3.02. The van der Waals surface area contributed by atoms with E-state index >= 15 is 0 Å². The minimum atomic E-state index is -0.272. The SMILES string of the molecule is COc1cc(/C=C/C(=O)NCCc2ccc(F)cc2)cc(OC)c1OC. The number of amides is 1. The Bertz CT molecular complexity index is 747. The molecule has 0 saturated heterocycles. The van der Waals surface area contributed by atoms with E-state index in [2.05, 4.69) is 5.32 Å². The van der Waals surface area contributed by atoms with Crippen molar-refractivity contribution in [2.75, 3.05) is 27.9 Å². The van der Waals surface area contributed by atoms with E-state index in [9.17, 15) is 9.18 Å². The summed E-state index contributed by atoms with van der Waals surface area (Å²) in [5.41, 5.74) is 1.70. The van der Waals surface area contributed by atoms with Crippen molar-refractivity contribution in [1.29, 1.82) is 0 Å². The molecule has 2 rings (SSSR count). The minimum absolute atomic E-state index is 0.221. The Balaban J connectivity index is 1.95. The lowest BCUT2D eigenvalue weighted by molar-refractivity contribution is -0.116. The fourth-order valence-corrected chi connectivity index (χ4v) is 2.41. The third-order valence-electron chi connectivity index (χ3n) is 3.74. The van der Waals surface area contributed by atoms with Crippen LogP contribution in [0.3, 0.4) is 0 Å². The van der Waals surface area contributed by atoms with Crippen LogP contribution in [0.15, 0.2) is 42.5 Å². The van der Waals surface area contributed by atoms with Crippen molar-refractivity contribution in [1.82, 2.24) is 5.32 Å². The van der Waals surface area contributed by atoms with E-state index in [0.717, 1.165) is 11.1 Å². The van der Waals surface area contributed by atoms with E-state index in [0.29, 0.717) is 30.2 Å². The smallest absolute Gasteiger partial charge is 0.244 e. The van der Waals surface area contributed by atoms with Gasteiger partial charge in [0, 0.05) is 12.6 Å². The maximum atomic E-state index is 12.8. The maximum absolute atomic E-state index is 12.8. The van der Waals surface area contributed by atoms with Crippen molar-refractivity contribution in [3.05, 3.63) is 59.4 Å². The number of hydrogen-bond donors (Lipinski definition) is 1. The fraction of sp³-hybridized carbons (Fsp3) is 0.250. The number of carbonyl (C=O) groups is 1. The summed E-state index contributed by atoms with van der Waals surface area (Å²) in [6, 6.07) is 9.72. The highest BCUT2D eigenvalue weighted by Gasteiger charge is 2.12. The quantitative estimate of drug-likeness (QED) is 0.736. The molecule has 0 bridgehead atoms. The van der Waals surface area contributed by atoms with Gasteiger partial charge in [-0.15, -0.1) is 0 Å². The molecule has 0 radical (unpaired) electrons. The van der Waals surface area contributed by atoms with Crippen LogP contribution >= 0.6 is 0 Å². The molecule has 1 amide bonds. The molecule has 6 heteroatoms. The van der Waals surface area contributed by atoms with Crippen LogP contribution in [0, 0.1) is 5.82 Å². The number of nitrogens with one attached hydrogen (secondary N) is 1. The molecule has 0 atom stereocenters. The fourth-order valence-electron chi connectivity index (χ4n) is 2.41. The average molecular weight is 359 g/mol. The van der Waals surface area contributed by atoms with E-state index in [-0.39, 0.29) is 11.7 Å². The number of hydrogen-bond acceptors (Lipinski definition) is 4. The van der Waals surface area contributed by atoms with Crippen molar-refractivity contribution in [2.24, 2.45) is 0 Å². The second-order valence-corrected chi connectivity index (χ2v) is 5.46. The van der Waals surface area contributed by atoms with Gasteiger partial charge in [-0.25, -0.2) is 4.39 Å². The summed E-state index contributed by atoms with van der Waals surface area (Å²) in [4.78, 5) is 11.9. The third-order valence-corrected chi connectivity index (χ3v) is 3.74. The Kier molecular flexibility index (Phi) is 7.02. The van der Waals surface area contributed by atoms with Crippen LogP contribution in [0.5, 0.6) is 17.2 Å². The molecule has 138 valence electrons. The number of ether oxygens (including phenoxy) is 3. The van der Waals surface area contributed by atoms with Gasteiger partial charge < -0.3 is 19.5 Å². The van der Waals surface area contributed by atoms with E-state index < -0.39 is 0 Å². The molecule has 0 aliphatic heterocycles. The predicted octanol–water partition coefficient (Wildman–Crippen LogP) is 3.22. The topological polar surface area (TPSA) is 56.8 Å². The van der Waals surface area contributed by atoms with Crippen LogP contribution in [0.4, 0.5) is 4.39 Å². The van der Waals surface area contributed by atoms with Gasteiger partial charge in [-0.3, -0.25) is 4.79 Å². The first-order valence-corrected chi connectivity index (χ1v) is 8.07. The number of carbonyl (C=O) groups excluding carboxylic acids is 1. The van der Waals surface area contributed by atoms with Crippen molar-refractivity contribution in [3.8, 4) is 17.2 Å². The zero-order chi connectivity index (χ0) is 18.9. The lowest BCUT2D eigenvalue weighted by Gasteiger charge is -2.12. The summed E-state index contributed by atoms with van der Waals surface area (Å²) in [6.45, 7) is 0.462. The highest BCUT2D eigenvalue weighted by molar-refractivity contribution is 5.91. The molecule has 0 spiro atoms. The van der Waals surface area contributed by atoms with Gasteiger partial charge in [0.1, 0.15) is 5.82 Å². The molecule has 0 heterocycles. The lowest BCUT2D eigenvalue weighted by atomic mass is 10.1. The van der Waals surface area contributed by atoms with Crippen LogP contribution < -0.4 is 19.5 Å². The summed E-state index contributed by atoms with van der Waals surface area (Å²) in [7, 11) is 4.60. The van der Waals surface area contributed by atoms with Crippen molar-refractivity contribution in [3.63, 3.8) is 0 Å². The Morgan fingerprint density at radius 2 is 1.65 bits per heavy atom. The first-order chi connectivity index (χ1) is 12.6. The standard InChI is InChI=1S/C20H22FNO4/c1-24-17-12-15(13-18(25-2)20(17)26-3)6-9-19(23)22-11-10-14-4-7-16(21)8-5-14/h4-9,12-13H,10-11H2,1-3H3,(H,22,23)/b9-6+. The zero-order valence-corrected chi connectivity index (χ0v) is 15.0. The highest BCUT2D eigenvalue weighted by atomic mass is 19.1. The number of benzene rings is 2. The highest BCUT2D eigenvalue weighted by Crippen LogP contribution is 2.38. The maximum Gasteiger partial charge on any atom is 0.244 e. The Morgan fingerprint density at radius 1 is 1.04 bits per heavy atom. The molecule has 0 aliphatic rings. The van der Waals surface area contributed by atoms with Gasteiger partial charge in [-0.2, -0.15) is 0 Å². The first kappa shape index (κ1) is 19.3. The molecule has 1 N–H and O–H groups in total. The summed E-state index contributed by atoms with van der Waals surface area (Å²) in [5, 5.41) is 2.79. The predicted molar refractivity (Wildman–Crippen MR) is 98.2 cm³/mol. The van der Waals surface area contributed by atoms with Crippen molar-refractivity contribution in [2.45, 2.75) is 6.42 Å². The van der Waals surface area contributed by atoms with Crippen molar-refractivity contribution >= 4 is 12.0 Å². The van der Waals surface area contributed by atoms with Gasteiger partial charge in [0.05, 0.1) is 21.3 Å². The van der Waals surface area contributed by atoms with Crippen LogP contribution in [0.1, 0.15) is 11.1 Å². The molecule has 0 aliphatic carbocycles. The van der Waals surface area contributed by atoms with Gasteiger partial charge in [-0.05, 0) is 47.9 Å². The van der Waals surface area contributed by atoms with Crippen LogP contribution in [0.2, 0.25) is 0 Å². The van der Waals surface area contributed by atoms with Crippen LogP contribution in [-0.2, 0) is 11.2 Å². The molecule has 2 aromatic carbocycles. The second-order valence-electron chi connectivity index (χ2n) is 5.46. The summed E-state index contributed by atoms with van der Waals surface area (Å²) in [5.74, 6) is 1.04. The minimum Gasteiger partial charge on any atom is -0.493 e. The van der Waals surface area contributed by atoms with Crippen molar-refractivity contribution < 1.29 is 23.4 Å². The summed E-state index contributed by atoms with van der Waals surface area (Å²) < 4.78 is 28.7. The molecular formula is C20H22FNO4. The molecule has 2 aromatic rings. The third kappa shape index (κ3) is 5.24. The first-order valence-electron chi connectivity index (χ1n) is 8.07. The van der Waals surface area contributed by atoms with E-state index in [1.54, 1.807) is 30.3 Å². The summed E-state index contributed by atoms with van der Waals surface area (Å²) in [6.07, 6.45) is 3.73. The number of halogens is 1. The van der Waals surface area contributed by atoms with Gasteiger partial charge in [0.2, 0.25) is 11.7 Å². The van der Waals surface area contributed by atoms with Gasteiger partial charge in [-0.1, -0.05) is 12.1 Å². The van der Waals surface area contributed by atoms with Gasteiger partial charge in [0.25, 0.3) is 0 Å². The normalized spacial score (nSPS) is 10.6. The Labute approximate surface area is 152 Å². The zero-order valence-electron chi connectivity index (χ0n) is 15.0. The molecular weight excluding hydrogens is 337 g/mol. The van der Waals surface area contributed by atoms with Crippen LogP contribution in [-0.4, -0.2) is 33.8 Å². The van der Waals surface area contributed by atoms with E-state index in [1.807, 2.05) is 0 Å². The van der Waals surface area contributed by atoms with Gasteiger partial charge in [0.15, 0.2) is 11.5 Å². The molecule has 0 fully saturated rings. The molecule has 0 aromatic heterocycles. The Morgan fingerprint density at radius 3 is 2.19 bits per heavy atom. The average Bonchev–Trinajstić information content (AvgIpc) is 2.66. The molecule has 0 saturated carbocycles. The summed E-state index contributed by atoms with van der Waals surface area (Å²) >= 11 is 0. The largest absolute Gasteiger partial charge is 0.493 e. The van der Waals surface area contributed by atoms with E-state index in [4.69, 9.17) is 14.2 Å².